The Kier molecular flexibility index (Phi) is 3.06. The van der Waals surface area contributed by atoms with Crippen LogP contribution in [0.1, 0.15) is 24.1 Å². The maximum Gasteiger partial charge on any atom is 0.0179 e. The molecule has 0 aliphatic heterocycles. The molecule has 2 aromatic rings. The molecule has 0 fully saturated rings. The molecule has 0 atom stereocenters. The molecule has 0 aromatic carbocycles. The molecular formula is C12H16N2. The van der Waals surface area contributed by atoms with Crippen molar-refractivity contribution >= 4 is 0 Å². The van der Waals surface area contributed by atoms with E-state index in [0.717, 1.165) is 0 Å². The highest BCUT2D eigenvalue weighted by molar-refractivity contribution is 5.22. The van der Waals surface area contributed by atoms with Gasteiger partial charge in [0.2, 0.25) is 0 Å². The number of aromatic nitrogens is 2. The lowest BCUT2D eigenvalue weighted by atomic mass is 9.98. The second-order valence-electron chi connectivity index (χ2n) is 3.57. The summed E-state index contributed by atoms with van der Waals surface area (Å²) in [5, 5.41) is 0. The Morgan fingerprint density at radius 2 is 1.71 bits per heavy atom. The average molecular weight is 188 g/mol. The number of fused-ring (bicyclic) bond motifs is 1. The third-order valence-electron chi connectivity index (χ3n) is 2.55. The fourth-order valence-electron chi connectivity index (χ4n) is 1.80. The molecule has 0 saturated heterocycles. The molecule has 1 aliphatic carbocycles. The van der Waals surface area contributed by atoms with Gasteiger partial charge in [0.25, 0.3) is 0 Å². The van der Waals surface area contributed by atoms with Crippen LogP contribution in [-0.2, 0) is 12.8 Å². The minimum atomic E-state index is 1.27. The smallest absolute Gasteiger partial charge is 0.0179 e. The van der Waals surface area contributed by atoms with Crippen LogP contribution in [0, 0.1) is 0 Å². The highest BCUT2D eigenvalue weighted by Gasteiger charge is 2.07. The van der Waals surface area contributed by atoms with E-state index in [1.807, 2.05) is 24.5 Å². The minimum absolute atomic E-state index is 1.27. The number of hydrogen-bond donors (Lipinski definition) is 2. The standard InChI is InChI=1S/C8H11N.C4H5N/c1-2-4-8-7(3-1)5-6-9-8;1-2-4-5-3-1/h5-6,9H,1-4H2;1-5H. The van der Waals surface area contributed by atoms with Crippen molar-refractivity contribution in [3.05, 3.63) is 48.0 Å². The van der Waals surface area contributed by atoms with Gasteiger partial charge in [0.05, 0.1) is 0 Å². The van der Waals surface area contributed by atoms with Crippen LogP contribution in [0.2, 0.25) is 0 Å². The molecule has 0 unspecified atom stereocenters. The molecule has 0 saturated carbocycles. The summed E-state index contributed by atoms with van der Waals surface area (Å²) in [6.07, 6.45) is 11.1. The Hall–Kier alpha value is -1.44. The maximum atomic E-state index is 3.26. The van der Waals surface area contributed by atoms with Crippen LogP contribution in [0.3, 0.4) is 0 Å². The Morgan fingerprint density at radius 3 is 2.36 bits per heavy atom. The Morgan fingerprint density at radius 1 is 0.929 bits per heavy atom. The fraction of sp³-hybridized carbons (Fsp3) is 0.333. The number of rotatable bonds is 0. The molecule has 3 rings (SSSR count). The summed E-state index contributed by atoms with van der Waals surface area (Å²) in [5.41, 5.74) is 3.02. The Balaban J connectivity index is 0.000000128. The normalized spacial score (nSPS) is 14.0. The van der Waals surface area contributed by atoms with Crippen LogP contribution in [-0.4, -0.2) is 9.97 Å². The molecule has 14 heavy (non-hydrogen) atoms. The van der Waals surface area contributed by atoms with E-state index in [-0.39, 0.29) is 0 Å². The van der Waals surface area contributed by atoms with Crippen molar-refractivity contribution in [2.24, 2.45) is 0 Å². The van der Waals surface area contributed by atoms with E-state index in [1.54, 1.807) is 5.56 Å². The van der Waals surface area contributed by atoms with Gasteiger partial charge in [-0.15, -0.1) is 0 Å². The number of hydrogen-bond acceptors (Lipinski definition) is 0. The number of nitrogens with one attached hydrogen (secondary N) is 2. The van der Waals surface area contributed by atoms with Gasteiger partial charge in [-0.2, -0.15) is 0 Å². The quantitative estimate of drug-likeness (QED) is 0.637. The first-order valence-corrected chi connectivity index (χ1v) is 5.20. The van der Waals surface area contributed by atoms with Crippen molar-refractivity contribution in [2.75, 3.05) is 0 Å². The molecular weight excluding hydrogens is 172 g/mol. The van der Waals surface area contributed by atoms with Crippen molar-refractivity contribution in [1.29, 1.82) is 0 Å². The Bertz CT molecular complexity index is 308. The zero-order valence-electron chi connectivity index (χ0n) is 8.29. The fourth-order valence-corrected chi connectivity index (χ4v) is 1.80. The summed E-state index contributed by atoms with van der Waals surface area (Å²) in [6, 6.07) is 6.09. The predicted octanol–water partition coefficient (Wildman–Crippen LogP) is 2.91. The van der Waals surface area contributed by atoms with Crippen LogP contribution in [0.15, 0.2) is 36.8 Å². The van der Waals surface area contributed by atoms with Gasteiger partial charge in [0, 0.05) is 24.3 Å². The van der Waals surface area contributed by atoms with E-state index in [4.69, 9.17) is 0 Å². The summed E-state index contributed by atoms with van der Waals surface area (Å²) in [5.74, 6) is 0. The van der Waals surface area contributed by atoms with E-state index < -0.39 is 0 Å². The summed E-state index contributed by atoms with van der Waals surface area (Å²) in [7, 11) is 0. The van der Waals surface area contributed by atoms with E-state index in [1.165, 1.54) is 31.4 Å². The lowest BCUT2D eigenvalue weighted by molar-refractivity contribution is 0.677. The van der Waals surface area contributed by atoms with Crippen LogP contribution in [0.25, 0.3) is 0 Å². The van der Waals surface area contributed by atoms with Crippen molar-refractivity contribution in [2.45, 2.75) is 25.7 Å². The number of aromatic amines is 2. The van der Waals surface area contributed by atoms with Crippen molar-refractivity contribution in [3.63, 3.8) is 0 Å². The predicted molar refractivity (Wildman–Crippen MR) is 58.2 cm³/mol. The van der Waals surface area contributed by atoms with Crippen molar-refractivity contribution < 1.29 is 0 Å². The average Bonchev–Trinajstić information content (AvgIpc) is 2.92. The van der Waals surface area contributed by atoms with Gasteiger partial charge >= 0.3 is 0 Å². The van der Waals surface area contributed by atoms with Crippen LogP contribution >= 0.6 is 0 Å². The lowest BCUT2D eigenvalue weighted by Crippen LogP contribution is -1.99. The molecule has 0 amide bonds. The first-order chi connectivity index (χ1) is 6.97. The second-order valence-corrected chi connectivity index (χ2v) is 3.57. The molecule has 2 aromatic heterocycles. The molecule has 74 valence electrons. The van der Waals surface area contributed by atoms with E-state index >= 15 is 0 Å². The van der Waals surface area contributed by atoms with Crippen LogP contribution in [0.5, 0.6) is 0 Å². The van der Waals surface area contributed by atoms with Gasteiger partial charge in [-0.3, -0.25) is 0 Å². The molecule has 2 nitrogen and oxygen atoms in total. The second kappa shape index (κ2) is 4.70. The summed E-state index contributed by atoms with van der Waals surface area (Å²) >= 11 is 0. The van der Waals surface area contributed by atoms with E-state index in [2.05, 4.69) is 22.2 Å². The summed E-state index contributed by atoms with van der Waals surface area (Å²) < 4.78 is 0. The first kappa shape index (κ1) is 9.13. The monoisotopic (exact) mass is 188 g/mol. The summed E-state index contributed by atoms with van der Waals surface area (Å²) in [4.78, 5) is 6.12. The third-order valence-corrected chi connectivity index (χ3v) is 2.55. The van der Waals surface area contributed by atoms with E-state index in [0.29, 0.717) is 0 Å². The van der Waals surface area contributed by atoms with E-state index in [9.17, 15) is 0 Å². The number of aryl methyl sites for hydroxylation is 2. The Labute approximate surface area is 84.4 Å². The zero-order valence-corrected chi connectivity index (χ0v) is 8.29. The maximum absolute atomic E-state index is 3.26. The highest BCUT2D eigenvalue weighted by atomic mass is 14.7. The van der Waals surface area contributed by atoms with Gasteiger partial charge in [-0.05, 0) is 49.4 Å². The molecule has 2 N–H and O–H groups in total. The van der Waals surface area contributed by atoms with Crippen molar-refractivity contribution in [1.82, 2.24) is 9.97 Å². The van der Waals surface area contributed by atoms with Crippen LogP contribution in [0.4, 0.5) is 0 Å². The van der Waals surface area contributed by atoms with Crippen LogP contribution < -0.4 is 0 Å². The summed E-state index contributed by atoms with van der Waals surface area (Å²) in [6.45, 7) is 0. The first-order valence-electron chi connectivity index (χ1n) is 5.20. The SMILES string of the molecule is c1cc2c([nH]1)CCCC2.c1cc[nH]c1. The zero-order chi connectivity index (χ0) is 9.64. The molecule has 0 spiro atoms. The van der Waals surface area contributed by atoms with Crippen molar-refractivity contribution in [3.8, 4) is 0 Å². The van der Waals surface area contributed by atoms with Gasteiger partial charge in [0.1, 0.15) is 0 Å². The lowest BCUT2D eigenvalue weighted by Gasteiger charge is -2.08. The minimum Gasteiger partial charge on any atom is -0.368 e. The molecule has 0 bridgehead atoms. The largest absolute Gasteiger partial charge is 0.368 e. The highest BCUT2D eigenvalue weighted by Crippen LogP contribution is 2.18. The molecule has 1 aliphatic rings. The van der Waals surface area contributed by atoms with Gasteiger partial charge in [0.15, 0.2) is 0 Å². The molecule has 0 radical (unpaired) electrons. The third kappa shape index (κ3) is 2.28. The number of H-pyrrole nitrogens is 2. The van der Waals surface area contributed by atoms with Gasteiger partial charge in [-0.25, -0.2) is 0 Å². The topological polar surface area (TPSA) is 31.6 Å². The van der Waals surface area contributed by atoms with Gasteiger partial charge in [-0.1, -0.05) is 0 Å². The molecule has 2 heterocycles. The van der Waals surface area contributed by atoms with Gasteiger partial charge < -0.3 is 9.97 Å². The molecule has 2 heteroatoms.